The largest absolute Gasteiger partial charge is 0.472 e. The van der Waals surface area contributed by atoms with Crippen molar-refractivity contribution in [3.8, 4) is 5.88 Å². The maximum atomic E-state index is 13.1. The fourth-order valence-electron chi connectivity index (χ4n) is 2.85. The topological polar surface area (TPSA) is 73.3 Å². The molecular formula is C17H18F3N3O3. The van der Waals surface area contributed by atoms with Crippen LogP contribution in [0.5, 0.6) is 5.88 Å². The molecule has 2 aromatic rings. The zero-order chi connectivity index (χ0) is 19.1. The number of nitrogens with zero attached hydrogens (tertiary/aromatic N) is 2. The Hall–Kier alpha value is -2.42. The van der Waals surface area contributed by atoms with Crippen LogP contribution in [0, 0.1) is 13.8 Å². The second-order valence-corrected chi connectivity index (χ2v) is 6.26. The molecule has 26 heavy (non-hydrogen) atoms. The quantitative estimate of drug-likeness (QED) is 0.839. The molecule has 1 N–H and O–H groups in total. The molecule has 1 aliphatic heterocycles. The summed E-state index contributed by atoms with van der Waals surface area (Å²) >= 11 is 0. The second kappa shape index (κ2) is 6.71. The number of alkyl halides is 3. The van der Waals surface area contributed by atoms with Gasteiger partial charge in [-0.25, -0.2) is 4.98 Å². The molecule has 6 nitrogen and oxygen atoms in total. The second-order valence-electron chi connectivity index (χ2n) is 6.26. The van der Waals surface area contributed by atoms with Gasteiger partial charge in [0.1, 0.15) is 12.1 Å². The van der Waals surface area contributed by atoms with Crippen LogP contribution in [-0.4, -0.2) is 41.7 Å². The van der Waals surface area contributed by atoms with Gasteiger partial charge in [-0.1, -0.05) is 0 Å². The molecule has 3 rings (SSSR count). The van der Waals surface area contributed by atoms with Gasteiger partial charge in [0.25, 0.3) is 0 Å². The van der Waals surface area contributed by atoms with E-state index in [0.717, 1.165) is 11.1 Å². The number of fused-ring (bicyclic) bond motifs is 1. The van der Waals surface area contributed by atoms with Crippen LogP contribution in [0.2, 0.25) is 0 Å². The smallest absolute Gasteiger partial charge is 0.451 e. The number of halogens is 3. The lowest BCUT2D eigenvalue weighted by atomic mass is 10.1. The maximum absolute atomic E-state index is 13.1. The summed E-state index contributed by atoms with van der Waals surface area (Å²) in [7, 11) is 1.27. The first-order valence-corrected chi connectivity index (χ1v) is 8.03. The van der Waals surface area contributed by atoms with E-state index in [-0.39, 0.29) is 17.8 Å². The molecule has 1 fully saturated rings. The van der Waals surface area contributed by atoms with Gasteiger partial charge in [-0.2, -0.15) is 18.2 Å². The molecule has 2 unspecified atom stereocenters. The summed E-state index contributed by atoms with van der Waals surface area (Å²) in [6.45, 7) is 3.95. The van der Waals surface area contributed by atoms with Crippen LogP contribution >= 0.6 is 0 Å². The molecule has 0 aliphatic carbocycles. The molecule has 1 aromatic heterocycles. The number of benzene rings is 1. The SMILES string of the molecule is COC(=O)C1CC(Oc2nc(C(F)(F)F)nc3cc(C)c(C)cc23)CN1. The zero-order valence-electron chi connectivity index (χ0n) is 14.5. The van der Waals surface area contributed by atoms with E-state index >= 15 is 0 Å². The van der Waals surface area contributed by atoms with Gasteiger partial charge >= 0.3 is 12.1 Å². The van der Waals surface area contributed by atoms with Crippen LogP contribution in [0.4, 0.5) is 13.2 Å². The Kier molecular flexibility index (Phi) is 4.74. The normalized spacial score (nSPS) is 20.4. The van der Waals surface area contributed by atoms with Gasteiger partial charge in [0.05, 0.1) is 18.0 Å². The summed E-state index contributed by atoms with van der Waals surface area (Å²) in [5, 5.41) is 3.33. The van der Waals surface area contributed by atoms with E-state index in [9.17, 15) is 18.0 Å². The summed E-state index contributed by atoms with van der Waals surface area (Å²) in [6, 6.07) is 2.74. The van der Waals surface area contributed by atoms with E-state index in [0.29, 0.717) is 11.9 Å². The molecule has 1 aliphatic rings. The third kappa shape index (κ3) is 3.57. The van der Waals surface area contributed by atoms with E-state index < -0.39 is 30.1 Å². The number of esters is 1. The third-order valence-corrected chi connectivity index (χ3v) is 4.38. The van der Waals surface area contributed by atoms with E-state index in [1.165, 1.54) is 7.11 Å². The molecule has 2 atom stereocenters. The molecule has 0 radical (unpaired) electrons. The molecule has 1 saturated heterocycles. The van der Waals surface area contributed by atoms with Crippen LogP contribution in [-0.2, 0) is 15.7 Å². The van der Waals surface area contributed by atoms with Crippen molar-refractivity contribution in [3.05, 3.63) is 29.1 Å². The number of methoxy groups -OCH3 is 1. The maximum Gasteiger partial charge on any atom is 0.451 e. The van der Waals surface area contributed by atoms with Crippen LogP contribution in [0.1, 0.15) is 23.4 Å². The summed E-state index contributed by atoms with van der Waals surface area (Å²) in [5.41, 5.74) is 1.88. The number of carbonyl (C=O) groups is 1. The van der Waals surface area contributed by atoms with Crippen LogP contribution < -0.4 is 10.1 Å². The zero-order valence-corrected chi connectivity index (χ0v) is 14.5. The molecule has 140 valence electrons. The molecular weight excluding hydrogens is 351 g/mol. The summed E-state index contributed by atoms with van der Waals surface area (Å²) in [5.74, 6) is -1.83. The molecule has 0 spiro atoms. The van der Waals surface area contributed by atoms with Gasteiger partial charge in [-0.05, 0) is 37.1 Å². The number of hydrogen-bond donors (Lipinski definition) is 1. The number of rotatable bonds is 3. The minimum atomic E-state index is -4.69. The van der Waals surface area contributed by atoms with Gasteiger partial charge in [0.15, 0.2) is 0 Å². The summed E-state index contributed by atoms with van der Waals surface area (Å²) in [6.07, 6.45) is -4.90. The van der Waals surface area contributed by atoms with Crippen molar-refractivity contribution >= 4 is 16.9 Å². The first-order chi connectivity index (χ1) is 12.2. The van der Waals surface area contributed by atoms with E-state index in [1.807, 2.05) is 6.92 Å². The fraction of sp³-hybridized carbons (Fsp3) is 0.471. The van der Waals surface area contributed by atoms with Crippen molar-refractivity contribution in [2.45, 2.75) is 38.6 Å². The van der Waals surface area contributed by atoms with Gasteiger partial charge < -0.3 is 14.8 Å². The highest BCUT2D eigenvalue weighted by molar-refractivity contribution is 5.85. The fourth-order valence-corrected chi connectivity index (χ4v) is 2.85. The van der Waals surface area contributed by atoms with E-state index in [4.69, 9.17) is 4.74 Å². The Bertz CT molecular complexity index is 854. The lowest BCUT2D eigenvalue weighted by molar-refractivity contribution is -0.145. The first kappa shape index (κ1) is 18.4. The number of aromatic nitrogens is 2. The van der Waals surface area contributed by atoms with E-state index in [1.54, 1.807) is 19.1 Å². The van der Waals surface area contributed by atoms with Gasteiger partial charge in [-0.15, -0.1) is 0 Å². The lowest BCUT2D eigenvalue weighted by Crippen LogP contribution is -2.31. The third-order valence-electron chi connectivity index (χ3n) is 4.38. The molecule has 2 heterocycles. The Balaban J connectivity index is 1.98. The Morgan fingerprint density at radius 3 is 2.58 bits per heavy atom. The molecule has 9 heteroatoms. The van der Waals surface area contributed by atoms with Crippen LogP contribution in [0.25, 0.3) is 10.9 Å². The van der Waals surface area contributed by atoms with Crippen LogP contribution in [0.3, 0.4) is 0 Å². The number of carbonyl (C=O) groups excluding carboxylic acids is 1. The average Bonchev–Trinajstić information content (AvgIpc) is 3.03. The van der Waals surface area contributed by atoms with Crippen molar-refractivity contribution in [3.63, 3.8) is 0 Å². The first-order valence-electron chi connectivity index (χ1n) is 8.03. The van der Waals surface area contributed by atoms with Crippen molar-refractivity contribution in [2.24, 2.45) is 0 Å². The van der Waals surface area contributed by atoms with Crippen molar-refractivity contribution in [1.29, 1.82) is 0 Å². The standard InChI is InChI=1S/C17H18F3N3O3/c1-8-4-11-12(5-9(8)2)22-16(17(18,19)20)23-14(11)26-10-6-13(21-7-10)15(24)25-3/h4-5,10,13,21H,6-7H2,1-3H3. The van der Waals surface area contributed by atoms with Gasteiger partial charge in [0, 0.05) is 13.0 Å². The minimum absolute atomic E-state index is 0.136. The molecule has 0 amide bonds. The van der Waals surface area contributed by atoms with Crippen LogP contribution in [0.15, 0.2) is 12.1 Å². The van der Waals surface area contributed by atoms with Gasteiger partial charge in [0.2, 0.25) is 11.7 Å². The van der Waals surface area contributed by atoms with Crippen molar-refractivity contribution < 1.29 is 27.4 Å². The highest BCUT2D eigenvalue weighted by Crippen LogP contribution is 2.33. The van der Waals surface area contributed by atoms with Crippen molar-refractivity contribution in [2.75, 3.05) is 13.7 Å². The Morgan fingerprint density at radius 2 is 1.92 bits per heavy atom. The number of hydrogen-bond acceptors (Lipinski definition) is 6. The Morgan fingerprint density at radius 1 is 1.23 bits per heavy atom. The Labute approximate surface area is 147 Å². The highest BCUT2D eigenvalue weighted by Gasteiger charge is 2.37. The lowest BCUT2D eigenvalue weighted by Gasteiger charge is -2.16. The average molecular weight is 369 g/mol. The predicted molar refractivity (Wildman–Crippen MR) is 86.9 cm³/mol. The summed E-state index contributed by atoms with van der Waals surface area (Å²) in [4.78, 5) is 18.8. The minimum Gasteiger partial charge on any atom is -0.472 e. The molecule has 0 bridgehead atoms. The number of aryl methyl sites for hydroxylation is 2. The number of nitrogens with one attached hydrogen (secondary N) is 1. The molecule has 1 aromatic carbocycles. The number of ether oxygens (including phenoxy) is 2. The monoisotopic (exact) mass is 369 g/mol. The van der Waals surface area contributed by atoms with E-state index in [2.05, 4.69) is 20.0 Å². The van der Waals surface area contributed by atoms with Crippen molar-refractivity contribution in [1.82, 2.24) is 15.3 Å². The predicted octanol–water partition coefficient (Wildman–Crippen LogP) is 2.55. The highest BCUT2D eigenvalue weighted by atomic mass is 19.4. The summed E-state index contributed by atoms with van der Waals surface area (Å²) < 4.78 is 49.8. The molecule has 0 saturated carbocycles. The van der Waals surface area contributed by atoms with Gasteiger partial charge in [-0.3, -0.25) is 4.79 Å².